The molecule has 6 nitrogen and oxygen atoms in total. The maximum atomic E-state index is 13.7. The van der Waals surface area contributed by atoms with E-state index in [9.17, 15) is 9.59 Å². The number of esters is 1. The van der Waals surface area contributed by atoms with E-state index in [-0.39, 0.29) is 18.3 Å². The molecule has 6 heteroatoms. The van der Waals surface area contributed by atoms with Gasteiger partial charge in [-0.15, -0.1) is 0 Å². The number of benzene rings is 3. The maximum Gasteiger partial charge on any atom is 0.315 e. The van der Waals surface area contributed by atoms with Gasteiger partial charge in [-0.3, -0.25) is 14.6 Å². The number of methoxy groups -OCH3 is 1. The molecule has 1 unspecified atom stereocenters. The number of Topliss-reactive ketones (excluding diaryl/α,β-unsaturated/α-hetero) is 1. The van der Waals surface area contributed by atoms with Crippen molar-refractivity contribution in [1.82, 2.24) is 0 Å². The van der Waals surface area contributed by atoms with Crippen LogP contribution in [0.25, 0.3) is 0 Å². The van der Waals surface area contributed by atoms with Crippen LogP contribution in [-0.2, 0) is 25.7 Å². The lowest BCUT2D eigenvalue weighted by Gasteiger charge is -2.36. The molecule has 1 aliphatic heterocycles. The quantitative estimate of drug-likeness (QED) is 0.253. The summed E-state index contributed by atoms with van der Waals surface area (Å²) in [5.41, 5.74) is 5.13. The van der Waals surface area contributed by atoms with E-state index < -0.39 is 17.8 Å². The molecule has 0 N–H and O–H groups in total. The van der Waals surface area contributed by atoms with Crippen LogP contribution in [0.1, 0.15) is 48.3 Å². The average molecular weight is 524 g/mol. The number of hydrogen-bond donors (Lipinski definition) is 0. The molecule has 1 heterocycles. The van der Waals surface area contributed by atoms with Crippen molar-refractivity contribution in [2.24, 2.45) is 10.9 Å². The molecule has 0 saturated heterocycles. The minimum atomic E-state index is -0.686. The van der Waals surface area contributed by atoms with Crippen molar-refractivity contribution in [1.29, 1.82) is 0 Å². The van der Waals surface area contributed by atoms with Gasteiger partial charge in [-0.25, -0.2) is 0 Å². The Balaban J connectivity index is 1.45. The second-order valence-corrected chi connectivity index (χ2v) is 10.0. The van der Waals surface area contributed by atoms with E-state index in [4.69, 9.17) is 19.2 Å². The zero-order valence-corrected chi connectivity index (χ0v) is 22.3. The number of nitrogens with zero attached hydrogens (tertiary/aromatic N) is 1. The second-order valence-electron chi connectivity index (χ2n) is 10.0. The minimum Gasteiger partial charge on any atom is -0.489 e. The standard InChI is InChI=1S/C33H33NO5/c1-22-30(33(36)38-18-17-37-2)31(25-13-15-27(16-14-25)39-21-23-9-5-3-6-10-23)32-28(34-22)19-26(20-29(32)35)24-11-7-4-8-12-24/h3-16,26,30-31H,17-21H2,1-2H3/t26-,30?,31-/m0/s1. The lowest BCUT2D eigenvalue weighted by atomic mass is 9.69. The molecule has 0 saturated carbocycles. The van der Waals surface area contributed by atoms with Gasteiger partial charge in [0.2, 0.25) is 0 Å². The van der Waals surface area contributed by atoms with E-state index in [2.05, 4.69) is 12.1 Å². The number of rotatable bonds is 9. The zero-order chi connectivity index (χ0) is 27.2. The minimum absolute atomic E-state index is 0.0328. The summed E-state index contributed by atoms with van der Waals surface area (Å²) in [5.74, 6) is -0.739. The largest absolute Gasteiger partial charge is 0.489 e. The molecule has 0 aromatic heterocycles. The first kappa shape index (κ1) is 26.6. The van der Waals surface area contributed by atoms with Gasteiger partial charge in [0.1, 0.15) is 24.9 Å². The number of allylic oxidation sites excluding steroid dienone is 2. The van der Waals surface area contributed by atoms with Gasteiger partial charge in [-0.1, -0.05) is 72.8 Å². The molecule has 0 fully saturated rings. The highest BCUT2D eigenvalue weighted by Gasteiger charge is 2.44. The molecule has 2 aliphatic rings. The van der Waals surface area contributed by atoms with E-state index in [1.165, 1.54) is 0 Å². The second kappa shape index (κ2) is 12.2. The zero-order valence-electron chi connectivity index (χ0n) is 22.3. The third-order valence-electron chi connectivity index (χ3n) is 7.43. The lowest BCUT2D eigenvalue weighted by Crippen LogP contribution is -2.38. The molecule has 39 heavy (non-hydrogen) atoms. The van der Waals surface area contributed by atoms with Gasteiger partial charge in [-0.05, 0) is 48.1 Å². The van der Waals surface area contributed by atoms with E-state index in [1.807, 2.05) is 79.7 Å². The smallest absolute Gasteiger partial charge is 0.315 e. The van der Waals surface area contributed by atoms with Crippen LogP contribution in [0, 0.1) is 5.92 Å². The molecule has 0 amide bonds. The molecule has 3 aromatic carbocycles. The van der Waals surface area contributed by atoms with Gasteiger partial charge in [0.25, 0.3) is 0 Å². The van der Waals surface area contributed by atoms with Crippen LogP contribution < -0.4 is 4.74 Å². The molecule has 3 atom stereocenters. The number of carbonyl (C=O) groups excluding carboxylic acids is 2. The lowest BCUT2D eigenvalue weighted by molar-refractivity contribution is -0.147. The molecule has 3 aromatic rings. The SMILES string of the molecule is COCCOC(=O)C1C(C)=NC2=C(C(=O)C[C@@H](c3ccccc3)C2)[C@H]1c1ccc(OCc2ccccc2)cc1. The first-order valence-electron chi connectivity index (χ1n) is 13.3. The Bertz CT molecular complexity index is 1360. The summed E-state index contributed by atoms with van der Waals surface area (Å²) in [7, 11) is 1.56. The fourth-order valence-corrected chi connectivity index (χ4v) is 5.51. The number of aliphatic imine (C=N–C) groups is 1. The van der Waals surface area contributed by atoms with Crippen LogP contribution in [-0.4, -0.2) is 37.8 Å². The third kappa shape index (κ3) is 6.02. The molecular weight excluding hydrogens is 490 g/mol. The summed E-state index contributed by atoms with van der Waals surface area (Å²) in [6, 6.07) is 27.7. The Hall–Kier alpha value is -4.03. The van der Waals surface area contributed by atoms with Gasteiger partial charge in [0.05, 0.1) is 6.61 Å². The summed E-state index contributed by atoms with van der Waals surface area (Å²) < 4.78 is 16.6. The highest BCUT2D eigenvalue weighted by Crippen LogP contribution is 2.47. The highest BCUT2D eigenvalue weighted by atomic mass is 16.6. The van der Waals surface area contributed by atoms with Gasteiger partial charge in [0, 0.05) is 36.4 Å². The molecule has 0 bridgehead atoms. The van der Waals surface area contributed by atoms with Crippen LogP contribution in [0.4, 0.5) is 0 Å². The number of ether oxygens (including phenoxy) is 3. The Morgan fingerprint density at radius 2 is 1.56 bits per heavy atom. The van der Waals surface area contributed by atoms with E-state index in [1.54, 1.807) is 7.11 Å². The van der Waals surface area contributed by atoms with Gasteiger partial charge >= 0.3 is 5.97 Å². The van der Waals surface area contributed by atoms with Crippen LogP contribution in [0.2, 0.25) is 0 Å². The fraction of sp³-hybridized carbons (Fsp3) is 0.303. The summed E-state index contributed by atoms with van der Waals surface area (Å²) in [6.45, 7) is 2.76. The fourth-order valence-electron chi connectivity index (χ4n) is 5.51. The Labute approximate surface area is 229 Å². The number of ketones is 1. The maximum absolute atomic E-state index is 13.7. The van der Waals surface area contributed by atoms with Gasteiger partial charge < -0.3 is 14.2 Å². The number of carbonyl (C=O) groups is 2. The Morgan fingerprint density at radius 1 is 0.872 bits per heavy atom. The van der Waals surface area contributed by atoms with Crippen LogP contribution >= 0.6 is 0 Å². The predicted octanol–water partition coefficient (Wildman–Crippen LogP) is 6.03. The first-order valence-corrected chi connectivity index (χ1v) is 13.3. The molecular formula is C33H33NO5. The number of hydrogen-bond acceptors (Lipinski definition) is 6. The van der Waals surface area contributed by atoms with Gasteiger partial charge in [-0.2, -0.15) is 0 Å². The normalized spacial score (nSPS) is 20.7. The van der Waals surface area contributed by atoms with Crippen LogP contribution in [0.3, 0.4) is 0 Å². The summed E-state index contributed by atoms with van der Waals surface area (Å²) in [6.07, 6.45) is 1.04. The molecule has 5 rings (SSSR count). The summed E-state index contributed by atoms with van der Waals surface area (Å²) in [4.78, 5) is 31.9. The molecule has 0 spiro atoms. The van der Waals surface area contributed by atoms with Crippen molar-refractivity contribution in [2.45, 2.75) is 38.2 Å². The van der Waals surface area contributed by atoms with E-state index in [0.717, 1.165) is 28.1 Å². The van der Waals surface area contributed by atoms with Gasteiger partial charge in [0.15, 0.2) is 5.78 Å². The highest BCUT2D eigenvalue weighted by molar-refractivity contribution is 6.09. The molecule has 0 radical (unpaired) electrons. The van der Waals surface area contributed by atoms with Crippen molar-refractivity contribution in [2.75, 3.05) is 20.3 Å². The first-order chi connectivity index (χ1) is 19.0. The predicted molar refractivity (Wildman–Crippen MR) is 150 cm³/mol. The van der Waals surface area contributed by atoms with Crippen molar-refractivity contribution in [3.63, 3.8) is 0 Å². The Kier molecular flexibility index (Phi) is 8.33. The van der Waals surface area contributed by atoms with E-state index in [0.29, 0.717) is 37.3 Å². The van der Waals surface area contributed by atoms with Crippen LogP contribution in [0.5, 0.6) is 5.75 Å². The topological polar surface area (TPSA) is 74.2 Å². The summed E-state index contributed by atoms with van der Waals surface area (Å²) in [5, 5.41) is 0. The Morgan fingerprint density at radius 3 is 2.26 bits per heavy atom. The molecule has 1 aliphatic carbocycles. The van der Waals surface area contributed by atoms with Crippen molar-refractivity contribution in [3.05, 3.63) is 113 Å². The van der Waals surface area contributed by atoms with Crippen LogP contribution in [0.15, 0.2) is 101 Å². The van der Waals surface area contributed by atoms with Crippen molar-refractivity contribution >= 4 is 17.5 Å². The average Bonchev–Trinajstić information content (AvgIpc) is 2.96. The monoisotopic (exact) mass is 523 g/mol. The third-order valence-corrected chi connectivity index (χ3v) is 7.43. The summed E-state index contributed by atoms with van der Waals surface area (Å²) >= 11 is 0. The van der Waals surface area contributed by atoms with Crippen molar-refractivity contribution < 1.29 is 23.8 Å². The van der Waals surface area contributed by atoms with Crippen molar-refractivity contribution in [3.8, 4) is 5.75 Å². The molecule has 200 valence electrons. The van der Waals surface area contributed by atoms with E-state index >= 15 is 0 Å².